The predicted molar refractivity (Wildman–Crippen MR) is 81.0 cm³/mol. The van der Waals surface area contributed by atoms with Crippen LogP contribution in [0.1, 0.15) is 20.3 Å². The van der Waals surface area contributed by atoms with E-state index in [4.69, 9.17) is 5.73 Å². The van der Waals surface area contributed by atoms with Gasteiger partial charge in [-0.15, -0.1) is 0 Å². The summed E-state index contributed by atoms with van der Waals surface area (Å²) in [5, 5.41) is 2.68. The van der Waals surface area contributed by atoms with Crippen LogP contribution in [0.25, 0.3) is 0 Å². The number of amides is 1. The number of hydrogen-bond donors (Lipinski definition) is 3. The average molecular weight is 299 g/mol. The van der Waals surface area contributed by atoms with Crippen molar-refractivity contribution in [2.75, 3.05) is 16.3 Å². The van der Waals surface area contributed by atoms with Crippen molar-refractivity contribution in [3.8, 4) is 0 Å². The first-order chi connectivity index (χ1) is 9.23. The lowest BCUT2D eigenvalue weighted by molar-refractivity contribution is -0.118. The van der Waals surface area contributed by atoms with Gasteiger partial charge in [-0.05, 0) is 24.1 Å². The van der Waals surface area contributed by atoms with Gasteiger partial charge >= 0.3 is 0 Å². The normalized spacial score (nSPS) is 14.4. The van der Waals surface area contributed by atoms with Crippen LogP contribution in [0.5, 0.6) is 0 Å². The molecule has 1 aromatic rings. The fourth-order valence-corrected chi connectivity index (χ4v) is 2.17. The van der Waals surface area contributed by atoms with Crippen LogP contribution in [0, 0.1) is 5.92 Å². The monoisotopic (exact) mass is 299 g/mol. The minimum Gasteiger partial charge on any atom is -0.325 e. The van der Waals surface area contributed by atoms with Crippen molar-refractivity contribution < 1.29 is 13.2 Å². The lowest BCUT2D eigenvalue weighted by atomic mass is 9.99. The van der Waals surface area contributed by atoms with Gasteiger partial charge in [0.2, 0.25) is 15.9 Å². The highest BCUT2D eigenvalue weighted by atomic mass is 32.2. The Morgan fingerprint density at radius 1 is 1.35 bits per heavy atom. The molecule has 0 aliphatic heterocycles. The van der Waals surface area contributed by atoms with Gasteiger partial charge in [-0.25, -0.2) is 8.42 Å². The molecule has 1 amide bonds. The van der Waals surface area contributed by atoms with Crippen LogP contribution < -0.4 is 15.8 Å². The summed E-state index contributed by atoms with van der Waals surface area (Å²) in [6.45, 7) is 3.88. The second-order valence-corrected chi connectivity index (χ2v) is 6.60. The Hall–Kier alpha value is -1.60. The van der Waals surface area contributed by atoms with Gasteiger partial charge < -0.3 is 11.1 Å². The molecule has 0 aliphatic rings. The van der Waals surface area contributed by atoms with Crippen LogP contribution in [-0.4, -0.2) is 26.6 Å². The molecule has 6 nitrogen and oxygen atoms in total. The minimum absolute atomic E-state index is 0.0762. The number of anilines is 2. The summed E-state index contributed by atoms with van der Waals surface area (Å²) >= 11 is 0. The van der Waals surface area contributed by atoms with E-state index in [2.05, 4.69) is 10.0 Å². The summed E-state index contributed by atoms with van der Waals surface area (Å²) in [7, 11) is -3.34. The third-order valence-electron chi connectivity index (χ3n) is 2.99. The van der Waals surface area contributed by atoms with E-state index in [1.807, 2.05) is 13.8 Å². The molecule has 0 spiro atoms. The molecule has 0 unspecified atom stereocenters. The lowest BCUT2D eigenvalue weighted by Crippen LogP contribution is -2.40. The third-order valence-corrected chi connectivity index (χ3v) is 3.60. The van der Waals surface area contributed by atoms with E-state index >= 15 is 0 Å². The topological polar surface area (TPSA) is 101 Å². The zero-order valence-electron chi connectivity index (χ0n) is 11.9. The SMILES string of the molecule is CC[C@H](C)[C@H](N)C(=O)Nc1cccc(NS(C)(=O)=O)c1. The maximum atomic E-state index is 11.9. The largest absolute Gasteiger partial charge is 0.325 e. The summed E-state index contributed by atoms with van der Waals surface area (Å²) in [6.07, 6.45) is 1.88. The molecule has 20 heavy (non-hydrogen) atoms. The van der Waals surface area contributed by atoms with Crippen molar-refractivity contribution in [2.45, 2.75) is 26.3 Å². The summed E-state index contributed by atoms with van der Waals surface area (Å²) in [5.74, 6) is -0.205. The van der Waals surface area contributed by atoms with Crippen LogP contribution in [0.4, 0.5) is 11.4 Å². The highest BCUT2D eigenvalue weighted by Crippen LogP contribution is 2.17. The van der Waals surface area contributed by atoms with E-state index in [-0.39, 0.29) is 11.8 Å². The molecule has 4 N–H and O–H groups in total. The maximum absolute atomic E-state index is 11.9. The summed E-state index contributed by atoms with van der Waals surface area (Å²) in [6, 6.07) is 5.88. The second-order valence-electron chi connectivity index (χ2n) is 4.86. The zero-order chi connectivity index (χ0) is 15.3. The predicted octanol–water partition coefficient (Wildman–Crippen LogP) is 1.37. The second kappa shape index (κ2) is 6.71. The first kappa shape index (κ1) is 16.5. The van der Waals surface area contributed by atoms with Crippen molar-refractivity contribution in [1.29, 1.82) is 0 Å². The van der Waals surface area contributed by atoms with Crippen LogP contribution in [0.15, 0.2) is 24.3 Å². The number of nitrogens with two attached hydrogens (primary N) is 1. The van der Waals surface area contributed by atoms with E-state index in [0.717, 1.165) is 12.7 Å². The molecule has 0 fully saturated rings. The minimum atomic E-state index is -3.34. The molecule has 1 rings (SSSR count). The number of carbonyl (C=O) groups excluding carboxylic acids is 1. The molecular weight excluding hydrogens is 278 g/mol. The molecule has 112 valence electrons. The average Bonchev–Trinajstić information content (AvgIpc) is 2.35. The molecule has 0 aliphatic carbocycles. The van der Waals surface area contributed by atoms with Crippen LogP contribution >= 0.6 is 0 Å². The number of hydrogen-bond acceptors (Lipinski definition) is 4. The first-order valence-electron chi connectivity index (χ1n) is 6.37. The van der Waals surface area contributed by atoms with Gasteiger partial charge in [0.05, 0.1) is 18.0 Å². The molecule has 0 bridgehead atoms. The Morgan fingerprint density at radius 2 is 1.95 bits per heavy atom. The number of nitrogens with one attached hydrogen (secondary N) is 2. The quantitative estimate of drug-likeness (QED) is 0.738. The molecule has 0 saturated carbocycles. The Kier molecular flexibility index (Phi) is 5.52. The van der Waals surface area contributed by atoms with Crippen molar-refractivity contribution >= 4 is 27.3 Å². The molecular formula is C13H21N3O3S. The van der Waals surface area contributed by atoms with Crippen molar-refractivity contribution in [3.63, 3.8) is 0 Å². The molecule has 0 radical (unpaired) electrons. The number of benzene rings is 1. The lowest BCUT2D eigenvalue weighted by Gasteiger charge is -2.18. The van der Waals surface area contributed by atoms with Crippen molar-refractivity contribution in [2.24, 2.45) is 11.7 Å². The van der Waals surface area contributed by atoms with E-state index in [1.54, 1.807) is 24.3 Å². The van der Waals surface area contributed by atoms with E-state index in [0.29, 0.717) is 11.4 Å². The zero-order valence-corrected chi connectivity index (χ0v) is 12.7. The maximum Gasteiger partial charge on any atom is 0.241 e. The fourth-order valence-electron chi connectivity index (χ4n) is 1.61. The van der Waals surface area contributed by atoms with Gasteiger partial charge in [0.15, 0.2) is 0 Å². The Bertz CT molecular complexity index is 572. The number of carbonyl (C=O) groups is 1. The molecule has 7 heteroatoms. The van der Waals surface area contributed by atoms with Crippen molar-refractivity contribution in [3.05, 3.63) is 24.3 Å². The highest BCUT2D eigenvalue weighted by molar-refractivity contribution is 7.92. The van der Waals surface area contributed by atoms with E-state index in [9.17, 15) is 13.2 Å². The Labute approximate surface area is 119 Å². The van der Waals surface area contributed by atoms with E-state index in [1.165, 1.54) is 0 Å². The Balaban J connectivity index is 2.78. The van der Waals surface area contributed by atoms with Gasteiger partial charge in [0.1, 0.15) is 0 Å². The summed E-state index contributed by atoms with van der Waals surface area (Å²) in [5.41, 5.74) is 6.73. The summed E-state index contributed by atoms with van der Waals surface area (Å²) in [4.78, 5) is 11.9. The van der Waals surface area contributed by atoms with E-state index < -0.39 is 16.1 Å². The van der Waals surface area contributed by atoms with Gasteiger partial charge in [-0.3, -0.25) is 9.52 Å². The van der Waals surface area contributed by atoms with Crippen LogP contribution in [0.3, 0.4) is 0 Å². The van der Waals surface area contributed by atoms with Crippen molar-refractivity contribution in [1.82, 2.24) is 0 Å². The molecule has 0 aromatic heterocycles. The van der Waals surface area contributed by atoms with Gasteiger partial charge in [-0.2, -0.15) is 0 Å². The number of rotatable bonds is 6. The van der Waals surface area contributed by atoms with Gasteiger partial charge in [0, 0.05) is 5.69 Å². The van der Waals surface area contributed by atoms with Crippen LogP contribution in [0.2, 0.25) is 0 Å². The molecule has 0 heterocycles. The fraction of sp³-hybridized carbons (Fsp3) is 0.462. The first-order valence-corrected chi connectivity index (χ1v) is 8.26. The Morgan fingerprint density at radius 3 is 2.50 bits per heavy atom. The standard InChI is InChI=1S/C13H21N3O3S/c1-4-9(2)12(14)13(17)15-10-6-5-7-11(8-10)16-20(3,18)19/h5-9,12,16H,4,14H2,1-3H3,(H,15,17)/t9-,12-/m0/s1. The molecule has 1 aromatic carbocycles. The van der Waals surface area contributed by atoms with Gasteiger partial charge in [-0.1, -0.05) is 26.3 Å². The van der Waals surface area contributed by atoms with Crippen LogP contribution in [-0.2, 0) is 14.8 Å². The molecule has 0 saturated heterocycles. The third kappa shape index (κ3) is 5.18. The number of sulfonamides is 1. The summed E-state index contributed by atoms with van der Waals surface area (Å²) < 4.78 is 24.7. The molecule has 2 atom stereocenters. The highest BCUT2D eigenvalue weighted by Gasteiger charge is 2.19. The smallest absolute Gasteiger partial charge is 0.241 e. The van der Waals surface area contributed by atoms with Gasteiger partial charge in [0.25, 0.3) is 0 Å².